The van der Waals surface area contributed by atoms with Crippen LogP contribution in [-0.4, -0.2) is 18.7 Å². The maximum Gasteiger partial charge on any atom is 0.0719 e. The molecule has 0 radical (unpaired) electrons. The molecule has 0 N–H and O–H groups in total. The van der Waals surface area contributed by atoms with Crippen molar-refractivity contribution in [1.29, 1.82) is 0 Å². The number of fused-ring (bicyclic) bond motifs is 1. The number of thiophene rings is 1. The first-order valence-corrected chi connectivity index (χ1v) is 7.17. The van der Waals surface area contributed by atoms with Crippen LogP contribution in [0.5, 0.6) is 0 Å². The highest BCUT2D eigenvalue weighted by atomic mass is 32.1. The van der Waals surface area contributed by atoms with Gasteiger partial charge in [0, 0.05) is 23.6 Å². The molecule has 0 saturated heterocycles. The van der Waals surface area contributed by atoms with Crippen molar-refractivity contribution in [2.75, 3.05) is 13.7 Å². The van der Waals surface area contributed by atoms with Crippen LogP contribution in [0.2, 0.25) is 0 Å². The lowest BCUT2D eigenvalue weighted by atomic mass is 10.1. The third kappa shape index (κ3) is 2.53. The van der Waals surface area contributed by atoms with Crippen LogP contribution in [0.4, 0.5) is 0 Å². The number of rotatable bonds is 4. The van der Waals surface area contributed by atoms with Crippen LogP contribution in [0.15, 0.2) is 48.0 Å². The number of pyridine rings is 1. The number of ether oxygens (including phenoxy) is 1. The molecule has 0 amide bonds. The predicted molar refractivity (Wildman–Crippen MR) is 80.6 cm³/mol. The van der Waals surface area contributed by atoms with Gasteiger partial charge in [0.2, 0.25) is 0 Å². The SMILES string of the molecule is COCCc1ccnc(-c2cccc3ccsc23)c1. The highest BCUT2D eigenvalue weighted by Crippen LogP contribution is 2.31. The zero-order valence-electron chi connectivity index (χ0n) is 10.8. The standard InChI is InChI=1S/C16H15NOS/c1-18-9-6-12-5-8-17-15(11-12)14-4-2-3-13-7-10-19-16(13)14/h2-5,7-8,10-11H,6,9H2,1H3. The molecule has 3 heteroatoms. The summed E-state index contributed by atoms with van der Waals surface area (Å²) in [5.74, 6) is 0. The van der Waals surface area contributed by atoms with E-state index in [1.807, 2.05) is 6.20 Å². The molecule has 0 aliphatic rings. The van der Waals surface area contributed by atoms with Crippen LogP contribution in [0.25, 0.3) is 21.3 Å². The van der Waals surface area contributed by atoms with E-state index in [1.165, 1.54) is 21.2 Å². The summed E-state index contributed by atoms with van der Waals surface area (Å²) in [5, 5.41) is 3.41. The third-order valence-corrected chi connectivity index (χ3v) is 4.14. The molecule has 1 aromatic carbocycles. The molecule has 0 aliphatic heterocycles. The summed E-state index contributed by atoms with van der Waals surface area (Å²) in [6, 6.07) is 12.7. The van der Waals surface area contributed by atoms with Gasteiger partial charge in [-0.25, -0.2) is 0 Å². The molecule has 2 heterocycles. The van der Waals surface area contributed by atoms with Crippen LogP contribution in [0.3, 0.4) is 0 Å². The molecule has 2 nitrogen and oxygen atoms in total. The Kier molecular flexibility index (Phi) is 3.58. The normalized spacial score (nSPS) is 11.0. The Balaban J connectivity index is 2.03. The van der Waals surface area contributed by atoms with E-state index in [9.17, 15) is 0 Å². The van der Waals surface area contributed by atoms with Gasteiger partial charge in [-0.05, 0) is 40.9 Å². The highest BCUT2D eigenvalue weighted by molar-refractivity contribution is 7.17. The molecule has 3 aromatic rings. The van der Waals surface area contributed by atoms with E-state index < -0.39 is 0 Å². The number of nitrogens with zero attached hydrogens (tertiary/aromatic N) is 1. The van der Waals surface area contributed by atoms with Gasteiger partial charge in [0.15, 0.2) is 0 Å². The Morgan fingerprint density at radius 2 is 2.16 bits per heavy atom. The molecule has 96 valence electrons. The average molecular weight is 269 g/mol. The first-order valence-electron chi connectivity index (χ1n) is 6.29. The second-order valence-electron chi connectivity index (χ2n) is 4.44. The summed E-state index contributed by atoms with van der Waals surface area (Å²) in [7, 11) is 1.73. The van der Waals surface area contributed by atoms with E-state index in [0.29, 0.717) is 0 Å². The van der Waals surface area contributed by atoms with Crippen LogP contribution < -0.4 is 0 Å². The number of benzene rings is 1. The predicted octanol–water partition coefficient (Wildman–Crippen LogP) is 4.15. The number of hydrogen-bond acceptors (Lipinski definition) is 3. The van der Waals surface area contributed by atoms with Crippen molar-refractivity contribution in [2.24, 2.45) is 0 Å². The summed E-state index contributed by atoms with van der Waals surface area (Å²) < 4.78 is 6.44. The summed E-state index contributed by atoms with van der Waals surface area (Å²) in [5.41, 5.74) is 3.52. The summed E-state index contributed by atoms with van der Waals surface area (Å²) in [6.07, 6.45) is 2.80. The monoisotopic (exact) mass is 269 g/mol. The fourth-order valence-corrected chi connectivity index (χ4v) is 3.11. The van der Waals surface area contributed by atoms with Gasteiger partial charge in [-0.15, -0.1) is 11.3 Å². The van der Waals surface area contributed by atoms with Crippen molar-refractivity contribution in [3.8, 4) is 11.3 Å². The Morgan fingerprint density at radius 1 is 1.21 bits per heavy atom. The second kappa shape index (κ2) is 5.51. The van der Waals surface area contributed by atoms with Gasteiger partial charge in [0.1, 0.15) is 0 Å². The molecule has 0 spiro atoms. The summed E-state index contributed by atoms with van der Waals surface area (Å²) >= 11 is 1.77. The average Bonchev–Trinajstić information content (AvgIpc) is 2.93. The maximum atomic E-state index is 5.13. The third-order valence-electron chi connectivity index (χ3n) is 3.17. The van der Waals surface area contributed by atoms with Gasteiger partial charge < -0.3 is 4.74 Å². The molecule has 2 aromatic heterocycles. The zero-order chi connectivity index (χ0) is 13.1. The van der Waals surface area contributed by atoms with E-state index in [4.69, 9.17) is 4.74 Å². The highest BCUT2D eigenvalue weighted by Gasteiger charge is 2.06. The van der Waals surface area contributed by atoms with Crippen LogP contribution >= 0.6 is 11.3 Å². The fourth-order valence-electron chi connectivity index (χ4n) is 2.19. The molecule has 0 fully saturated rings. The number of hydrogen-bond donors (Lipinski definition) is 0. The van der Waals surface area contributed by atoms with Gasteiger partial charge >= 0.3 is 0 Å². The molecule has 3 rings (SSSR count). The largest absolute Gasteiger partial charge is 0.384 e. The van der Waals surface area contributed by atoms with Crippen molar-refractivity contribution in [2.45, 2.75) is 6.42 Å². The number of methoxy groups -OCH3 is 1. The minimum absolute atomic E-state index is 0.743. The van der Waals surface area contributed by atoms with E-state index in [2.05, 4.69) is 46.8 Å². The molecule has 0 atom stereocenters. The first-order chi connectivity index (χ1) is 9.38. The second-order valence-corrected chi connectivity index (χ2v) is 5.35. The van der Waals surface area contributed by atoms with Crippen molar-refractivity contribution in [1.82, 2.24) is 4.98 Å². The van der Waals surface area contributed by atoms with Crippen LogP contribution in [-0.2, 0) is 11.2 Å². The summed E-state index contributed by atoms with van der Waals surface area (Å²) in [4.78, 5) is 4.51. The Hall–Kier alpha value is -1.71. The molecule has 0 bridgehead atoms. The molecular weight excluding hydrogens is 254 g/mol. The minimum Gasteiger partial charge on any atom is -0.384 e. The smallest absolute Gasteiger partial charge is 0.0719 e. The van der Waals surface area contributed by atoms with Crippen LogP contribution in [0, 0.1) is 0 Å². The number of aromatic nitrogens is 1. The van der Waals surface area contributed by atoms with Crippen molar-refractivity contribution in [3.05, 3.63) is 53.5 Å². The molecule has 0 aliphatic carbocycles. The topological polar surface area (TPSA) is 22.1 Å². The molecule has 19 heavy (non-hydrogen) atoms. The first kappa shape index (κ1) is 12.3. The van der Waals surface area contributed by atoms with Crippen molar-refractivity contribution in [3.63, 3.8) is 0 Å². The maximum absolute atomic E-state index is 5.13. The zero-order valence-corrected chi connectivity index (χ0v) is 11.6. The van der Waals surface area contributed by atoms with Gasteiger partial charge in [-0.3, -0.25) is 4.98 Å². The van der Waals surface area contributed by atoms with Gasteiger partial charge in [-0.2, -0.15) is 0 Å². The van der Waals surface area contributed by atoms with Gasteiger partial charge in [-0.1, -0.05) is 18.2 Å². The Labute approximate surface area is 116 Å². The van der Waals surface area contributed by atoms with E-state index in [0.717, 1.165) is 18.7 Å². The summed E-state index contributed by atoms with van der Waals surface area (Å²) in [6.45, 7) is 0.743. The lowest BCUT2D eigenvalue weighted by Gasteiger charge is -2.05. The van der Waals surface area contributed by atoms with E-state index >= 15 is 0 Å². The van der Waals surface area contributed by atoms with Crippen molar-refractivity contribution >= 4 is 21.4 Å². The Morgan fingerprint density at radius 3 is 3.05 bits per heavy atom. The van der Waals surface area contributed by atoms with Gasteiger partial charge in [0.05, 0.1) is 12.3 Å². The lowest BCUT2D eigenvalue weighted by Crippen LogP contribution is -1.95. The fraction of sp³-hybridized carbons (Fsp3) is 0.188. The molecule has 0 unspecified atom stereocenters. The minimum atomic E-state index is 0.743. The van der Waals surface area contributed by atoms with E-state index in [1.54, 1.807) is 18.4 Å². The molecule has 0 saturated carbocycles. The van der Waals surface area contributed by atoms with E-state index in [-0.39, 0.29) is 0 Å². The Bertz CT molecular complexity index is 690. The molecular formula is C16H15NOS. The lowest BCUT2D eigenvalue weighted by molar-refractivity contribution is 0.202. The quantitative estimate of drug-likeness (QED) is 0.709. The van der Waals surface area contributed by atoms with Crippen LogP contribution in [0.1, 0.15) is 5.56 Å². The van der Waals surface area contributed by atoms with Crippen molar-refractivity contribution < 1.29 is 4.74 Å². The van der Waals surface area contributed by atoms with Gasteiger partial charge in [0.25, 0.3) is 0 Å².